The molecular formula is C12H12N2O3. The van der Waals surface area contributed by atoms with Crippen LogP contribution in [0.5, 0.6) is 0 Å². The van der Waals surface area contributed by atoms with Crippen molar-refractivity contribution in [3.05, 3.63) is 30.1 Å². The van der Waals surface area contributed by atoms with Crippen LogP contribution in [0.1, 0.15) is 24.2 Å². The Morgan fingerprint density at radius 2 is 2.06 bits per heavy atom. The third-order valence-electron chi connectivity index (χ3n) is 2.78. The summed E-state index contributed by atoms with van der Waals surface area (Å²) in [7, 11) is 0. The number of hydrogen-bond acceptors (Lipinski definition) is 3. The van der Waals surface area contributed by atoms with Gasteiger partial charge < -0.3 is 10.1 Å². The maximum absolute atomic E-state index is 12.1. The summed E-state index contributed by atoms with van der Waals surface area (Å²) in [5.74, 6) is -1.55. The van der Waals surface area contributed by atoms with Crippen molar-refractivity contribution >= 4 is 22.8 Å². The van der Waals surface area contributed by atoms with Gasteiger partial charge in [0.2, 0.25) is 0 Å². The van der Waals surface area contributed by atoms with Gasteiger partial charge in [-0.15, -0.1) is 0 Å². The predicted octanol–water partition coefficient (Wildman–Crippen LogP) is 1.86. The minimum Gasteiger partial charge on any atom is -0.481 e. The van der Waals surface area contributed by atoms with Crippen molar-refractivity contribution in [2.24, 2.45) is 5.41 Å². The number of aromatic amines is 1. The minimum absolute atomic E-state index is 0.370. The largest absolute Gasteiger partial charge is 0.481 e. The van der Waals surface area contributed by atoms with Crippen LogP contribution in [0.3, 0.4) is 0 Å². The first-order valence-corrected chi connectivity index (χ1v) is 5.14. The van der Waals surface area contributed by atoms with E-state index in [4.69, 9.17) is 5.11 Å². The van der Waals surface area contributed by atoms with Crippen LogP contribution in [-0.2, 0) is 4.79 Å². The molecule has 0 fully saturated rings. The molecule has 1 heterocycles. The average molecular weight is 232 g/mol. The first-order valence-electron chi connectivity index (χ1n) is 5.14. The molecule has 0 aliphatic heterocycles. The monoisotopic (exact) mass is 232 g/mol. The van der Waals surface area contributed by atoms with Gasteiger partial charge in [-0.3, -0.25) is 9.59 Å². The van der Waals surface area contributed by atoms with E-state index >= 15 is 0 Å². The first kappa shape index (κ1) is 11.3. The summed E-state index contributed by atoms with van der Waals surface area (Å²) >= 11 is 0. The molecule has 0 saturated carbocycles. The van der Waals surface area contributed by atoms with E-state index in [0.717, 1.165) is 11.0 Å². The Morgan fingerprint density at radius 1 is 1.35 bits per heavy atom. The summed E-state index contributed by atoms with van der Waals surface area (Å²) < 4.78 is 0. The Balaban J connectivity index is 2.46. The van der Waals surface area contributed by atoms with Gasteiger partial charge in [0.1, 0.15) is 5.41 Å². The lowest BCUT2D eigenvalue weighted by Gasteiger charge is -2.17. The van der Waals surface area contributed by atoms with Crippen molar-refractivity contribution in [1.82, 2.24) is 9.97 Å². The van der Waals surface area contributed by atoms with Gasteiger partial charge in [-0.05, 0) is 32.0 Å². The maximum atomic E-state index is 12.1. The molecule has 5 heteroatoms. The summed E-state index contributed by atoms with van der Waals surface area (Å²) in [6, 6.07) is 4.91. The molecule has 0 bridgehead atoms. The fraction of sp³-hybridized carbons (Fsp3) is 0.250. The highest BCUT2D eigenvalue weighted by Crippen LogP contribution is 2.23. The van der Waals surface area contributed by atoms with Gasteiger partial charge in [0.25, 0.3) is 0 Å². The number of H-pyrrole nitrogens is 1. The molecule has 0 aliphatic rings. The summed E-state index contributed by atoms with van der Waals surface area (Å²) in [4.78, 5) is 30.0. The molecule has 0 radical (unpaired) electrons. The van der Waals surface area contributed by atoms with E-state index in [1.54, 1.807) is 18.2 Å². The molecule has 0 unspecified atom stereocenters. The van der Waals surface area contributed by atoms with E-state index in [0.29, 0.717) is 5.56 Å². The molecule has 1 aromatic carbocycles. The molecule has 88 valence electrons. The maximum Gasteiger partial charge on any atom is 0.316 e. The van der Waals surface area contributed by atoms with Crippen LogP contribution in [0.25, 0.3) is 11.0 Å². The second-order valence-electron chi connectivity index (χ2n) is 4.39. The van der Waals surface area contributed by atoms with E-state index in [1.165, 1.54) is 20.2 Å². The fourth-order valence-corrected chi connectivity index (χ4v) is 1.53. The number of carbonyl (C=O) groups excluding carboxylic acids is 1. The van der Waals surface area contributed by atoms with Crippen LogP contribution in [0.2, 0.25) is 0 Å². The molecule has 17 heavy (non-hydrogen) atoms. The topological polar surface area (TPSA) is 83.0 Å². The molecule has 2 aromatic rings. The number of fused-ring (bicyclic) bond motifs is 1. The summed E-state index contributed by atoms with van der Waals surface area (Å²) in [5, 5.41) is 9.01. The van der Waals surface area contributed by atoms with Gasteiger partial charge in [-0.25, -0.2) is 4.98 Å². The number of benzene rings is 1. The Labute approximate surface area is 97.5 Å². The zero-order valence-corrected chi connectivity index (χ0v) is 9.52. The normalized spacial score (nSPS) is 11.6. The van der Waals surface area contributed by atoms with Gasteiger partial charge in [0.15, 0.2) is 5.78 Å². The lowest BCUT2D eigenvalue weighted by Crippen LogP contribution is -2.33. The van der Waals surface area contributed by atoms with Crippen molar-refractivity contribution in [2.45, 2.75) is 13.8 Å². The Bertz CT molecular complexity index is 599. The second-order valence-corrected chi connectivity index (χ2v) is 4.39. The molecule has 5 nitrogen and oxygen atoms in total. The van der Waals surface area contributed by atoms with Gasteiger partial charge >= 0.3 is 5.97 Å². The number of ketones is 1. The predicted molar refractivity (Wildman–Crippen MR) is 61.8 cm³/mol. The number of aromatic nitrogens is 2. The van der Waals surface area contributed by atoms with Crippen LogP contribution in [-0.4, -0.2) is 26.8 Å². The third kappa shape index (κ3) is 1.80. The highest BCUT2D eigenvalue weighted by atomic mass is 16.4. The smallest absolute Gasteiger partial charge is 0.316 e. The summed E-state index contributed by atoms with van der Waals surface area (Å²) in [5.41, 5.74) is 0.411. The van der Waals surface area contributed by atoms with E-state index in [9.17, 15) is 9.59 Å². The van der Waals surface area contributed by atoms with Crippen LogP contribution in [0.15, 0.2) is 24.5 Å². The number of aliphatic carboxylic acids is 1. The zero-order chi connectivity index (χ0) is 12.6. The Morgan fingerprint density at radius 3 is 2.71 bits per heavy atom. The molecule has 0 atom stereocenters. The number of carbonyl (C=O) groups is 2. The number of carboxylic acids is 1. The van der Waals surface area contributed by atoms with E-state index in [-0.39, 0.29) is 0 Å². The van der Waals surface area contributed by atoms with Crippen molar-refractivity contribution in [3.8, 4) is 0 Å². The van der Waals surface area contributed by atoms with Gasteiger partial charge in [0.05, 0.1) is 17.4 Å². The molecule has 1 aromatic heterocycles. The summed E-state index contributed by atoms with van der Waals surface area (Å²) in [6.07, 6.45) is 1.53. The molecule has 0 aliphatic carbocycles. The Kier molecular flexibility index (Phi) is 2.46. The summed E-state index contributed by atoms with van der Waals surface area (Å²) in [6.45, 7) is 2.80. The van der Waals surface area contributed by atoms with Crippen LogP contribution < -0.4 is 0 Å². The molecule has 0 amide bonds. The highest BCUT2D eigenvalue weighted by molar-refractivity contribution is 6.12. The van der Waals surface area contributed by atoms with Gasteiger partial charge in [-0.2, -0.15) is 0 Å². The molecule has 0 saturated heterocycles. The third-order valence-corrected chi connectivity index (χ3v) is 2.78. The van der Waals surface area contributed by atoms with Crippen molar-refractivity contribution in [2.75, 3.05) is 0 Å². The number of carboxylic acid groups (broad SMARTS) is 1. The second kappa shape index (κ2) is 3.69. The van der Waals surface area contributed by atoms with Crippen molar-refractivity contribution < 1.29 is 14.7 Å². The van der Waals surface area contributed by atoms with Crippen LogP contribution in [0, 0.1) is 5.41 Å². The molecule has 2 rings (SSSR count). The highest BCUT2D eigenvalue weighted by Gasteiger charge is 2.36. The number of imidazole rings is 1. The number of hydrogen-bond donors (Lipinski definition) is 2. The lowest BCUT2D eigenvalue weighted by atomic mass is 9.84. The quantitative estimate of drug-likeness (QED) is 0.625. The van der Waals surface area contributed by atoms with Crippen LogP contribution >= 0.6 is 0 Å². The number of rotatable bonds is 3. The van der Waals surface area contributed by atoms with Crippen molar-refractivity contribution in [3.63, 3.8) is 0 Å². The SMILES string of the molecule is CC(C)(C(=O)O)C(=O)c1ccc2nc[nH]c2c1. The van der Waals surface area contributed by atoms with Gasteiger partial charge in [0, 0.05) is 5.56 Å². The standard InChI is InChI=1S/C12H12N2O3/c1-12(2,11(16)17)10(15)7-3-4-8-9(5-7)14-6-13-8/h3-6H,1-2H3,(H,13,14)(H,16,17). The molecular weight excluding hydrogens is 220 g/mol. The molecule has 2 N–H and O–H groups in total. The van der Waals surface area contributed by atoms with E-state index < -0.39 is 17.2 Å². The average Bonchev–Trinajstić information content (AvgIpc) is 2.74. The number of Topliss-reactive ketones (excluding diaryl/α,β-unsaturated/α-hetero) is 1. The van der Waals surface area contributed by atoms with E-state index in [1.807, 2.05) is 0 Å². The van der Waals surface area contributed by atoms with Crippen LogP contribution in [0.4, 0.5) is 0 Å². The number of nitrogens with one attached hydrogen (secondary N) is 1. The van der Waals surface area contributed by atoms with Crippen molar-refractivity contribution in [1.29, 1.82) is 0 Å². The zero-order valence-electron chi connectivity index (χ0n) is 9.52. The fourth-order valence-electron chi connectivity index (χ4n) is 1.53. The number of nitrogens with zero attached hydrogens (tertiary/aromatic N) is 1. The first-order chi connectivity index (χ1) is 7.93. The molecule has 0 spiro atoms. The van der Waals surface area contributed by atoms with E-state index in [2.05, 4.69) is 9.97 Å². The minimum atomic E-state index is -1.42. The van der Waals surface area contributed by atoms with Gasteiger partial charge in [-0.1, -0.05) is 0 Å². The lowest BCUT2D eigenvalue weighted by molar-refractivity contribution is -0.144. The Hall–Kier alpha value is -2.17.